The fraction of sp³-hybridized carbons (Fsp3) is 0.200. The summed E-state index contributed by atoms with van der Waals surface area (Å²) in [7, 11) is 0. The van der Waals surface area contributed by atoms with E-state index in [0.29, 0.717) is 5.69 Å². The first kappa shape index (κ1) is 13.9. The third-order valence-electron chi connectivity index (χ3n) is 1.55. The molecule has 1 rings (SSSR count). The van der Waals surface area contributed by atoms with Crippen LogP contribution in [0.15, 0.2) is 24.3 Å². The number of aromatic carboxylic acids is 1. The number of aliphatic carboxylic acids is 1. The minimum atomic E-state index is -1.23. The van der Waals surface area contributed by atoms with Crippen LogP contribution in [-0.2, 0) is 4.79 Å². The minimum Gasteiger partial charge on any atom is -0.479 e. The summed E-state index contributed by atoms with van der Waals surface area (Å²) in [5, 5.41) is 24.3. The molecule has 1 atom stereocenters. The molecule has 0 aliphatic carbocycles. The second-order valence-electron chi connectivity index (χ2n) is 2.91. The average molecular weight is 227 g/mol. The molecule has 0 heterocycles. The Hall–Kier alpha value is -2.08. The third kappa shape index (κ3) is 4.97. The number of nitrogen functional groups attached to an aromatic ring is 1. The van der Waals surface area contributed by atoms with Crippen molar-refractivity contribution in [3.05, 3.63) is 29.8 Å². The molecule has 0 aromatic heterocycles. The van der Waals surface area contributed by atoms with Crippen LogP contribution in [0.25, 0.3) is 0 Å². The first-order valence-corrected chi connectivity index (χ1v) is 4.35. The Bertz CT molecular complexity index is 375. The van der Waals surface area contributed by atoms with Crippen LogP contribution in [-0.4, -0.2) is 33.4 Å². The van der Waals surface area contributed by atoms with E-state index in [2.05, 4.69) is 0 Å². The molecule has 6 heteroatoms. The summed E-state index contributed by atoms with van der Waals surface area (Å²) in [4.78, 5) is 19.8. The summed E-state index contributed by atoms with van der Waals surface area (Å²) in [5.41, 5.74) is 5.80. The summed E-state index contributed by atoms with van der Waals surface area (Å²) in [6.07, 6.45) is -1.23. The van der Waals surface area contributed by atoms with Gasteiger partial charge in [0.05, 0.1) is 5.56 Å². The molecule has 0 fully saturated rings. The third-order valence-corrected chi connectivity index (χ3v) is 1.55. The number of hydrogen-bond acceptors (Lipinski definition) is 4. The van der Waals surface area contributed by atoms with E-state index in [1.165, 1.54) is 13.0 Å². The molecule has 5 N–H and O–H groups in total. The van der Waals surface area contributed by atoms with Gasteiger partial charge in [-0.2, -0.15) is 0 Å². The Morgan fingerprint density at radius 2 is 1.69 bits per heavy atom. The van der Waals surface area contributed by atoms with Gasteiger partial charge in [0, 0.05) is 5.69 Å². The van der Waals surface area contributed by atoms with Crippen molar-refractivity contribution in [2.24, 2.45) is 0 Å². The Labute approximate surface area is 91.9 Å². The summed E-state index contributed by atoms with van der Waals surface area (Å²) < 4.78 is 0. The molecular formula is C10H13NO5. The van der Waals surface area contributed by atoms with Gasteiger partial charge in [-0.1, -0.05) is 12.1 Å². The number of aliphatic hydroxyl groups is 1. The van der Waals surface area contributed by atoms with Gasteiger partial charge >= 0.3 is 11.9 Å². The second kappa shape index (κ2) is 6.41. The lowest BCUT2D eigenvalue weighted by molar-refractivity contribution is -0.145. The molecule has 1 unspecified atom stereocenters. The molecule has 16 heavy (non-hydrogen) atoms. The van der Waals surface area contributed by atoms with Gasteiger partial charge in [-0.3, -0.25) is 0 Å². The predicted octanol–water partition coefficient (Wildman–Crippen LogP) is 0.419. The van der Waals surface area contributed by atoms with E-state index in [4.69, 9.17) is 21.1 Å². The quantitative estimate of drug-likeness (QED) is 0.543. The van der Waals surface area contributed by atoms with Crippen LogP contribution in [0.3, 0.4) is 0 Å². The van der Waals surface area contributed by atoms with Crippen LogP contribution >= 0.6 is 0 Å². The lowest BCUT2D eigenvalue weighted by atomic mass is 10.2. The van der Waals surface area contributed by atoms with Crippen molar-refractivity contribution >= 4 is 17.6 Å². The van der Waals surface area contributed by atoms with Gasteiger partial charge < -0.3 is 21.1 Å². The number of anilines is 1. The number of benzene rings is 1. The molecular weight excluding hydrogens is 214 g/mol. The first-order valence-electron chi connectivity index (χ1n) is 4.35. The Balaban J connectivity index is 0.000000325. The van der Waals surface area contributed by atoms with Crippen LogP contribution < -0.4 is 5.73 Å². The molecule has 0 saturated heterocycles. The normalized spacial score (nSPS) is 10.9. The molecule has 0 amide bonds. The fourth-order valence-corrected chi connectivity index (χ4v) is 0.692. The smallest absolute Gasteiger partial charge is 0.337 e. The zero-order valence-electron chi connectivity index (χ0n) is 8.62. The van der Waals surface area contributed by atoms with Crippen LogP contribution in [0.2, 0.25) is 0 Å². The van der Waals surface area contributed by atoms with E-state index < -0.39 is 18.0 Å². The Morgan fingerprint density at radius 1 is 1.25 bits per heavy atom. The average Bonchev–Trinajstić information content (AvgIpc) is 2.18. The van der Waals surface area contributed by atoms with Gasteiger partial charge in [-0.05, 0) is 19.1 Å². The minimum absolute atomic E-state index is 0.155. The van der Waals surface area contributed by atoms with Gasteiger partial charge in [-0.25, -0.2) is 9.59 Å². The zero-order valence-corrected chi connectivity index (χ0v) is 8.62. The van der Waals surface area contributed by atoms with E-state index in [1.807, 2.05) is 0 Å². The van der Waals surface area contributed by atoms with Gasteiger partial charge in [0.2, 0.25) is 0 Å². The van der Waals surface area contributed by atoms with E-state index in [9.17, 15) is 9.59 Å². The molecule has 0 spiro atoms. The maximum absolute atomic E-state index is 10.3. The van der Waals surface area contributed by atoms with Crippen molar-refractivity contribution in [2.45, 2.75) is 13.0 Å². The maximum Gasteiger partial charge on any atom is 0.337 e. The predicted molar refractivity (Wildman–Crippen MR) is 57.1 cm³/mol. The Morgan fingerprint density at radius 3 is 1.94 bits per heavy atom. The van der Waals surface area contributed by atoms with Crippen molar-refractivity contribution < 1.29 is 24.9 Å². The van der Waals surface area contributed by atoms with E-state index >= 15 is 0 Å². The summed E-state index contributed by atoms with van der Waals surface area (Å²) in [6, 6.07) is 6.36. The summed E-state index contributed by atoms with van der Waals surface area (Å²) >= 11 is 0. The number of carboxylic acid groups (broad SMARTS) is 2. The molecule has 0 saturated carbocycles. The molecule has 0 aliphatic heterocycles. The zero-order chi connectivity index (χ0) is 12.7. The number of hydrogen-bond donors (Lipinski definition) is 4. The number of carbonyl (C=O) groups is 2. The van der Waals surface area contributed by atoms with Crippen molar-refractivity contribution in [3.63, 3.8) is 0 Å². The lowest BCUT2D eigenvalue weighted by Gasteiger charge is -1.96. The highest BCUT2D eigenvalue weighted by molar-refractivity contribution is 5.93. The monoisotopic (exact) mass is 227 g/mol. The van der Waals surface area contributed by atoms with E-state index in [-0.39, 0.29) is 5.56 Å². The highest BCUT2D eigenvalue weighted by Gasteiger charge is 2.03. The maximum atomic E-state index is 10.3. The molecule has 6 nitrogen and oxygen atoms in total. The van der Waals surface area contributed by atoms with Crippen LogP contribution in [0.1, 0.15) is 17.3 Å². The number of rotatable bonds is 2. The molecule has 88 valence electrons. The van der Waals surface area contributed by atoms with Crippen LogP contribution in [0.4, 0.5) is 5.69 Å². The fourth-order valence-electron chi connectivity index (χ4n) is 0.692. The molecule has 1 aromatic carbocycles. The van der Waals surface area contributed by atoms with Gasteiger partial charge in [-0.15, -0.1) is 0 Å². The number of carboxylic acids is 2. The topological polar surface area (TPSA) is 121 Å². The number of para-hydroxylation sites is 1. The summed E-state index contributed by atoms with van der Waals surface area (Å²) in [5.74, 6) is -2.17. The highest BCUT2D eigenvalue weighted by atomic mass is 16.4. The van der Waals surface area contributed by atoms with Crippen molar-refractivity contribution in [2.75, 3.05) is 5.73 Å². The number of aliphatic hydroxyl groups excluding tert-OH is 1. The van der Waals surface area contributed by atoms with Crippen LogP contribution in [0.5, 0.6) is 0 Å². The van der Waals surface area contributed by atoms with Gasteiger partial charge in [0.15, 0.2) is 0 Å². The van der Waals surface area contributed by atoms with E-state index in [0.717, 1.165) is 0 Å². The first-order chi connectivity index (χ1) is 7.36. The van der Waals surface area contributed by atoms with Gasteiger partial charge in [0.25, 0.3) is 0 Å². The van der Waals surface area contributed by atoms with Gasteiger partial charge in [0.1, 0.15) is 6.10 Å². The number of nitrogens with two attached hydrogens (primary N) is 1. The lowest BCUT2D eigenvalue weighted by Crippen LogP contribution is -2.13. The largest absolute Gasteiger partial charge is 0.479 e. The standard InChI is InChI=1S/C7H7NO2.C3H6O3/c8-6-4-2-1-3-5(6)7(9)10;1-2(4)3(5)6/h1-4H,8H2,(H,9,10);2,4H,1H3,(H,5,6). The summed E-state index contributed by atoms with van der Waals surface area (Å²) in [6.45, 7) is 1.20. The SMILES string of the molecule is CC(O)C(=O)O.Nc1ccccc1C(=O)O. The van der Waals surface area contributed by atoms with Crippen molar-refractivity contribution in [3.8, 4) is 0 Å². The second-order valence-corrected chi connectivity index (χ2v) is 2.91. The van der Waals surface area contributed by atoms with Crippen molar-refractivity contribution in [1.82, 2.24) is 0 Å². The molecule has 0 radical (unpaired) electrons. The van der Waals surface area contributed by atoms with Crippen molar-refractivity contribution in [1.29, 1.82) is 0 Å². The van der Waals surface area contributed by atoms with E-state index in [1.54, 1.807) is 18.2 Å². The Kier molecular flexibility index (Phi) is 5.58. The molecule has 0 bridgehead atoms. The highest BCUT2D eigenvalue weighted by Crippen LogP contribution is 2.08. The molecule has 1 aromatic rings. The van der Waals surface area contributed by atoms with Crippen LogP contribution in [0, 0.1) is 0 Å². The molecule has 0 aliphatic rings.